The first kappa shape index (κ1) is 28.5. The number of rotatable bonds is 19. The molecule has 0 amide bonds. The fraction of sp³-hybridized carbons (Fsp3) is 0.625. The number of hydrogen-bond acceptors (Lipinski definition) is 9. The molecule has 1 aromatic carbocycles. The molecule has 0 heterocycles. The van der Waals surface area contributed by atoms with Crippen LogP contribution >= 0.6 is 0 Å². The zero-order chi connectivity index (χ0) is 24.2. The topological polar surface area (TPSA) is 107 Å². The van der Waals surface area contributed by atoms with Crippen molar-refractivity contribution < 1.29 is 42.8 Å². The fourth-order valence-electron chi connectivity index (χ4n) is 2.40. The third kappa shape index (κ3) is 15.9. The second kappa shape index (κ2) is 19.0. The monoisotopic (exact) mass is 468 g/mol. The Balaban J connectivity index is 2.36. The van der Waals surface area contributed by atoms with Gasteiger partial charge in [-0.1, -0.05) is 57.0 Å². The molecule has 0 bridgehead atoms. The van der Waals surface area contributed by atoms with E-state index in [1.807, 2.05) is 44.2 Å². The number of esters is 3. The van der Waals surface area contributed by atoms with E-state index in [9.17, 15) is 14.4 Å². The Labute approximate surface area is 195 Å². The molecule has 1 atom stereocenters. The van der Waals surface area contributed by atoms with Crippen LogP contribution in [0.15, 0.2) is 30.3 Å². The molecule has 0 spiro atoms. The third-order valence-corrected chi connectivity index (χ3v) is 4.25. The molecule has 1 aromatic rings. The number of benzene rings is 1. The van der Waals surface area contributed by atoms with Crippen molar-refractivity contribution in [3.63, 3.8) is 0 Å². The van der Waals surface area contributed by atoms with E-state index < -0.39 is 24.0 Å². The van der Waals surface area contributed by atoms with E-state index in [0.29, 0.717) is 13.2 Å². The molecular weight excluding hydrogens is 432 g/mol. The van der Waals surface area contributed by atoms with E-state index in [-0.39, 0.29) is 39.6 Å². The highest BCUT2D eigenvalue weighted by Gasteiger charge is 2.16. The molecule has 0 saturated carbocycles. The van der Waals surface area contributed by atoms with Crippen molar-refractivity contribution in [1.82, 2.24) is 0 Å². The Bertz CT molecular complexity index is 663. The number of carbonyl (C=O) groups excluding carboxylic acids is 3. The van der Waals surface area contributed by atoms with Gasteiger partial charge in [-0.2, -0.15) is 0 Å². The predicted molar refractivity (Wildman–Crippen MR) is 119 cm³/mol. The van der Waals surface area contributed by atoms with Crippen LogP contribution in [0.1, 0.15) is 45.1 Å². The lowest BCUT2D eigenvalue weighted by Crippen LogP contribution is -2.31. The quantitative estimate of drug-likeness (QED) is 0.172. The van der Waals surface area contributed by atoms with Crippen molar-refractivity contribution in [2.75, 3.05) is 46.2 Å². The summed E-state index contributed by atoms with van der Waals surface area (Å²) >= 11 is 0. The second-order valence-corrected chi connectivity index (χ2v) is 7.26. The van der Waals surface area contributed by atoms with Gasteiger partial charge in [0.05, 0.1) is 26.4 Å². The first-order chi connectivity index (χ1) is 16.0. The van der Waals surface area contributed by atoms with E-state index in [1.165, 1.54) is 0 Å². The summed E-state index contributed by atoms with van der Waals surface area (Å²) in [6, 6.07) is 9.29. The number of ether oxygens (including phenoxy) is 6. The predicted octanol–water partition coefficient (Wildman–Crippen LogP) is 2.83. The highest BCUT2D eigenvalue weighted by Crippen LogP contribution is 2.02. The fourth-order valence-corrected chi connectivity index (χ4v) is 2.40. The lowest BCUT2D eigenvalue weighted by Gasteiger charge is -2.17. The van der Waals surface area contributed by atoms with Crippen LogP contribution in [0.4, 0.5) is 0 Å². The zero-order valence-electron chi connectivity index (χ0n) is 19.6. The Morgan fingerprint density at radius 3 is 1.79 bits per heavy atom. The standard InChI is InChI=1S/C24H36O9/c1-3-5-12-30-22(25)17-28-15-21(32-19-24(27)31-13-6-4-2)16-29-18-23(26)33-14-20-10-8-7-9-11-20/h7-11,21H,3-6,12-19H2,1-2H3. The van der Waals surface area contributed by atoms with Crippen LogP contribution < -0.4 is 0 Å². The maximum atomic E-state index is 11.9. The summed E-state index contributed by atoms with van der Waals surface area (Å²) in [7, 11) is 0. The van der Waals surface area contributed by atoms with Gasteiger partial charge in [0, 0.05) is 0 Å². The van der Waals surface area contributed by atoms with Crippen molar-refractivity contribution >= 4 is 17.9 Å². The SMILES string of the molecule is CCCCOC(=O)COCC(COCC(=O)OCc1ccccc1)OCC(=O)OCCCC. The van der Waals surface area contributed by atoms with Gasteiger partial charge in [-0.05, 0) is 18.4 Å². The largest absolute Gasteiger partial charge is 0.464 e. The second-order valence-electron chi connectivity index (χ2n) is 7.26. The Morgan fingerprint density at radius 1 is 0.727 bits per heavy atom. The van der Waals surface area contributed by atoms with E-state index in [0.717, 1.165) is 31.2 Å². The van der Waals surface area contributed by atoms with Gasteiger partial charge in [-0.3, -0.25) is 0 Å². The molecule has 0 aliphatic heterocycles. The molecule has 0 N–H and O–H groups in total. The van der Waals surface area contributed by atoms with Gasteiger partial charge in [0.25, 0.3) is 0 Å². The smallest absolute Gasteiger partial charge is 0.332 e. The summed E-state index contributed by atoms with van der Waals surface area (Å²) in [6.45, 7) is 3.93. The van der Waals surface area contributed by atoms with Crippen LogP contribution in [0.3, 0.4) is 0 Å². The van der Waals surface area contributed by atoms with E-state index in [1.54, 1.807) is 0 Å². The Morgan fingerprint density at radius 2 is 1.24 bits per heavy atom. The average Bonchev–Trinajstić information content (AvgIpc) is 2.82. The first-order valence-electron chi connectivity index (χ1n) is 11.3. The molecule has 1 unspecified atom stereocenters. The minimum atomic E-state index is -0.686. The van der Waals surface area contributed by atoms with Crippen LogP contribution in [0.25, 0.3) is 0 Å². The Kier molecular flexibility index (Phi) is 16.5. The van der Waals surface area contributed by atoms with Crippen LogP contribution in [0.5, 0.6) is 0 Å². The molecule has 186 valence electrons. The molecule has 0 aliphatic rings. The number of hydrogen-bond donors (Lipinski definition) is 0. The lowest BCUT2D eigenvalue weighted by atomic mass is 10.2. The highest BCUT2D eigenvalue weighted by molar-refractivity contribution is 5.71. The molecular formula is C24H36O9. The van der Waals surface area contributed by atoms with Crippen LogP contribution in [-0.4, -0.2) is 70.3 Å². The van der Waals surface area contributed by atoms with Gasteiger partial charge in [-0.25, -0.2) is 14.4 Å². The van der Waals surface area contributed by atoms with E-state index in [4.69, 9.17) is 28.4 Å². The molecule has 1 rings (SSSR count). The molecule has 0 aromatic heterocycles. The minimum absolute atomic E-state index is 0.0236. The molecule has 0 aliphatic carbocycles. The lowest BCUT2D eigenvalue weighted by molar-refractivity contribution is -0.161. The van der Waals surface area contributed by atoms with Gasteiger partial charge >= 0.3 is 17.9 Å². The number of unbranched alkanes of at least 4 members (excludes halogenated alkanes) is 2. The van der Waals surface area contributed by atoms with Gasteiger partial charge in [-0.15, -0.1) is 0 Å². The molecule has 0 radical (unpaired) electrons. The summed E-state index contributed by atoms with van der Waals surface area (Å²) in [6.07, 6.45) is 2.70. The van der Waals surface area contributed by atoms with Crippen molar-refractivity contribution in [2.24, 2.45) is 0 Å². The average molecular weight is 469 g/mol. The summed E-state index contributed by atoms with van der Waals surface area (Å²) < 4.78 is 31.4. The normalized spacial score (nSPS) is 11.6. The third-order valence-electron chi connectivity index (χ3n) is 4.25. The summed E-state index contributed by atoms with van der Waals surface area (Å²) in [4.78, 5) is 35.3. The van der Waals surface area contributed by atoms with Crippen LogP contribution in [0.2, 0.25) is 0 Å². The van der Waals surface area contributed by atoms with Gasteiger partial charge in [0.1, 0.15) is 32.5 Å². The molecule has 33 heavy (non-hydrogen) atoms. The summed E-state index contributed by atoms with van der Waals surface area (Å²) in [5.74, 6) is -1.52. The first-order valence-corrected chi connectivity index (χ1v) is 11.3. The van der Waals surface area contributed by atoms with Crippen molar-refractivity contribution in [1.29, 1.82) is 0 Å². The van der Waals surface area contributed by atoms with Crippen molar-refractivity contribution in [3.8, 4) is 0 Å². The maximum absolute atomic E-state index is 11.9. The number of carbonyl (C=O) groups is 3. The molecule has 0 saturated heterocycles. The van der Waals surface area contributed by atoms with Crippen LogP contribution in [0, 0.1) is 0 Å². The Hall–Kier alpha value is -2.49. The van der Waals surface area contributed by atoms with Crippen LogP contribution in [-0.2, 0) is 49.4 Å². The minimum Gasteiger partial charge on any atom is -0.464 e. The molecule has 9 heteroatoms. The summed E-state index contributed by atoms with van der Waals surface area (Å²) in [5.41, 5.74) is 0.868. The maximum Gasteiger partial charge on any atom is 0.332 e. The molecule has 0 fully saturated rings. The van der Waals surface area contributed by atoms with Gasteiger partial charge in [0.15, 0.2) is 0 Å². The highest BCUT2D eigenvalue weighted by atomic mass is 16.6. The van der Waals surface area contributed by atoms with Crippen molar-refractivity contribution in [2.45, 2.75) is 52.2 Å². The zero-order valence-corrected chi connectivity index (χ0v) is 19.6. The van der Waals surface area contributed by atoms with Gasteiger partial charge in [0.2, 0.25) is 0 Å². The van der Waals surface area contributed by atoms with E-state index in [2.05, 4.69) is 0 Å². The van der Waals surface area contributed by atoms with Crippen molar-refractivity contribution in [3.05, 3.63) is 35.9 Å². The molecule has 9 nitrogen and oxygen atoms in total. The van der Waals surface area contributed by atoms with Gasteiger partial charge < -0.3 is 28.4 Å². The van der Waals surface area contributed by atoms with E-state index >= 15 is 0 Å². The summed E-state index contributed by atoms with van der Waals surface area (Å²) in [5, 5.41) is 0.